The fourth-order valence-electron chi connectivity index (χ4n) is 8.16. The van der Waals surface area contributed by atoms with Crippen LogP contribution in [-0.4, -0.2) is 80.9 Å². The molecule has 2 amide bonds. The Labute approximate surface area is 337 Å². The van der Waals surface area contributed by atoms with Gasteiger partial charge in [0.2, 0.25) is 11.7 Å². The van der Waals surface area contributed by atoms with Crippen molar-refractivity contribution in [2.45, 2.75) is 136 Å². The van der Waals surface area contributed by atoms with Crippen LogP contribution in [0.4, 0.5) is 13.2 Å². The zero-order valence-electron chi connectivity index (χ0n) is 33.7. The molecule has 316 valence electrons. The Morgan fingerprint density at radius 3 is 2.17 bits per heavy atom. The number of ether oxygens (including phenoxy) is 2. The Morgan fingerprint density at radius 2 is 1.59 bits per heavy atom. The Hall–Kier alpha value is -4.69. The molecule has 1 N–H and O–H groups in total. The molecular weight excluding hydrogens is 757 g/mol. The first-order chi connectivity index (χ1) is 27.4. The molecule has 12 nitrogen and oxygen atoms in total. The number of nitrogens with one attached hydrogen (secondary N) is 1. The van der Waals surface area contributed by atoms with E-state index in [0.717, 1.165) is 57.1 Å². The summed E-state index contributed by atoms with van der Waals surface area (Å²) in [7, 11) is 0. The van der Waals surface area contributed by atoms with E-state index in [1.165, 1.54) is 35.6 Å². The van der Waals surface area contributed by atoms with Crippen molar-refractivity contribution in [3.8, 4) is 11.5 Å². The molecule has 1 aromatic carbocycles. The highest BCUT2D eigenvalue weighted by molar-refractivity contribution is 6.38. The number of hydrogen-bond donors (Lipinski definition) is 1. The summed E-state index contributed by atoms with van der Waals surface area (Å²) >= 11 is 0. The molecular formula is C43H55F3N4O8. The number of hydrogen-bond acceptors (Lipinski definition) is 10. The van der Waals surface area contributed by atoms with Crippen LogP contribution in [0.3, 0.4) is 0 Å². The third kappa shape index (κ3) is 12.4. The van der Waals surface area contributed by atoms with Gasteiger partial charge in [-0.1, -0.05) is 53.4 Å². The van der Waals surface area contributed by atoms with Crippen LogP contribution in [0.25, 0.3) is 0 Å². The Morgan fingerprint density at radius 1 is 0.914 bits per heavy atom. The standard InChI is InChI=1S/C43H55F3N4O8/c1-5-9-28(39(54)37(53)20-26-12-13-26)21-35(51)34-22-31(57-29-14-16-30(17-15-29)58-43(44,45)46)25-50(34)41(56)32(42(2,3)4)23-36(52)38(27-10-7-6-8-11-27)49-40(55)33-24-47-18-19-48-33/h14-19,24,26-28,31-32,34,38H,5-13,20-23,25H2,1-4H3,(H,49,55)/t28-,31-,32-,34+,38+/m1/s1. The van der Waals surface area contributed by atoms with Gasteiger partial charge in [-0.05, 0) is 73.6 Å². The van der Waals surface area contributed by atoms with E-state index in [9.17, 15) is 41.9 Å². The van der Waals surface area contributed by atoms with Gasteiger partial charge in [0.1, 0.15) is 23.3 Å². The van der Waals surface area contributed by atoms with Crippen molar-refractivity contribution < 1.29 is 51.4 Å². The highest BCUT2D eigenvalue weighted by atomic mass is 19.4. The minimum absolute atomic E-state index is 0.0120. The highest BCUT2D eigenvalue weighted by Crippen LogP contribution is 2.38. The molecule has 2 saturated carbocycles. The normalized spacial score (nSPS) is 20.4. The average Bonchev–Trinajstić information content (AvgIpc) is 3.90. The Bertz CT molecular complexity index is 1770. The third-order valence-electron chi connectivity index (χ3n) is 11.5. The summed E-state index contributed by atoms with van der Waals surface area (Å²) < 4.78 is 48.5. The van der Waals surface area contributed by atoms with Gasteiger partial charge >= 0.3 is 6.36 Å². The quantitative estimate of drug-likeness (QED) is 0.146. The molecule has 0 unspecified atom stereocenters. The first-order valence-electron chi connectivity index (χ1n) is 20.5. The highest BCUT2D eigenvalue weighted by Gasteiger charge is 2.47. The molecule has 5 rings (SSSR count). The summed E-state index contributed by atoms with van der Waals surface area (Å²) in [4.78, 5) is 92.5. The van der Waals surface area contributed by atoms with E-state index in [1.54, 1.807) is 0 Å². The van der Waals surface area contributed by atoms with Gasteiger partial charge in [0.25, 0.3) is 5.91 Å². The molecule has 0 spiro atoms. The third-order valence-corrected chi connectivity index (χ3v) is 11.5. The molecule has 2 heterocycles. The molecule has 1 aromatic heterocycles. The van der Waals surface area contributed by atoms with Gasteiger partial charge in [0.05, 0.1) is 24.8 Å². The van der Waals surface area contributed by atoms with Crippen molar-refractivity contribution >= 4 is 34.9 Å². The number of halogens is 3. The number of aromatic nitrogens is 2. The van der Waals surface area contributed by atoms with Crippen molar-refractivity contribution in [2.24, 2.45) is 29.1 Å². The molecule has 1 saturated heterocycles. The Balaban J connectivity index is 1.40. The van der Waals surface area contributed by atoms with Crippen molar-refractivity contribution in [1.82, 2.24) is 20.2 Å². The lowest BCUT2D eigenvalue weighted by molar-refractivity contribution is -0.274. The zero-order valence-corrected chi connectivity index (χ0v) is 33.7. The summed E-state index contributed by atoms with van der Waals surface area (Å²) in [5, 5.41) is 2.89. The van der Waals surface area contributed by atoms with Crippen molar-refractivity contribution in [1.29, 1.82) is 0 Å². The number of nitrogens with zero attached hydrogens (tertiary/aromatic N) is 3. The van der Waals surface area contributed by atoms with E-state index in [-0.39, 0.29) is 61.3 Å². The largest absolute Gasteiger partial charge is 0.573 e. The number of benzene rings is 1. The van der Waals surface area contributed by atoms with Crippen molar-refractivity contribution in [3.05, 3.63) is 48.5 Å². The Kier molecular flexibility index (Phi) is 14.8. The number of alkyl halides is 3. The summed E-state index contributed by atoms with van der Waals surface area (Å²) in [5.74, 6) is -4.87. The fraction of sp³-hybridized carbons (Fsp3) is 0.628. The molecule has 58 heavy (non-hydrogen) atoms. The van der Waals surface area contributed by atoms with E-state index in [1.807, 2.05) is 27.7 Å². The van der Waals surface area contributed by atoms with Crippen molar-refractivity contribution in [3.63, 3.8) is 0 Å². The van der Waals surface area contributed by atoms with Gasteiger partial charge < -0.3 is 19.7 Å². The second-order valence-corrected chi connectivity index (χ2v) is 17.1. The summed E-state index contributed by atoms with van der Waals surface area (Å²) in [5.41, 5.74) is -0.740. The van der Waals surface area contributed by atoms with Crippen LogP contribution in [0.5, 0.6) is 11.5 Å². The lowest BCUT2D eigenvalue weighted by atomic mass is 9.74. The average molecular weight is 813 g/mol. The summed E-state index contributed by atoms with van der Waals surface area (Å²) in [6, 6.07) is 2.81. The van der Waals surface area contributed by atoms with Crippen LogP contribution in [0.15, 0.2) is 42.9 Å². The van der Waals surface area contributed by atoms with Gasteiger partial charge in [0, 0.05) is 49.9 Å². The van der Waals surface area contributed by atoms with Crippen LogP contribution in [0, 0.1) is 29.1 Å². The minimum Gasteiger partial charge on any atom is -0.488 e. The molecule has 2 aromatic rings. The maximum absolute atomic E-state index is 14.9. The van der Waals surface area contributed by atoms with Gasteiger partial charge in [-0.3, -0.25) is 33.8 Å². The number of Topliss-reactive ketones (excluding diaryl/α,β-unsaturated/α-hetero) is 4. The fourth-order valence-corrected chi connectivity index (χ4v) is 8.16. The van der Waals surface area contributed by atoms with E-state index in [0.29, 0.717) is 12.8 Å². The SMILES string of the molecule is CCC[C@H](CC(=O)[C@@H]1C[C@@H](Oc2ccc(OC(F)(F)F)cc2)CN1C(=O)[C@@H](CC(=O)[C@@H](NC(=O)c1cnccn1)C1CCCCC1)C(C)(C)C)C(=O)C(=O)CC1CC1. The molecule has 0 bridgehead atoms. The maximum Gasteiger partial charge on any atom is 0.573 e. The molecule has 3 aliphatic rings. The number of carbonyl (C=O) groups excluding carboxylic acids is 6. The first-order valence-corrected chi connectivity index (χ1v) is 20.5. The number of amides is 2. The summed E-state index contributed by atoms with van der Waals surface area (Å²) in [6.07, 6.45) is 5.03. The molecule has 5 atom stereocenters. The second-order valence-electron chi connectivity index (χ2n) is 17.1. The molecule has 0 radical (unpaired) electrons. The topological polar surface area (TPSA) is 162 Å². The van der Waals surface area contributed by atoms with Gasteiger partial charge in [-0.25, -0.2) is 4.98 Å². The predicted octanol–water partition coefficient (Wildman–Crippen LogP) is 7.04. The molecule has 15 heteroatoms. The van der Waals surface area contributed by atoms with E-state index >= 15 is 0 Å². The zero-order chi connectivity index (χ0) is 42.2. The van der Waals surface area contributed by atoms with Crippen LogP contribution in [0.1, 0.15) is 122 Å². The lowest BCUT2D eigenvalue weighted by Crippen LogP contribution is -2.51. The van der Waals surface area contributed by atoms with Gasteiger partial charge in [-0.2, -0.15) is 0 Å². The second kappa shape index (κ2) is 19.4. The van der Waals surface area contributed by atoms with E-state index < -0.39 is 76.7 Å². The lowest BCUT2D eigenvalue weighted by Gasteiger charge is -2.36. The molecule has 2 aliphatic carbocycles. The number of likely N-dealkylation sites (tertiary alicyclic amines) is 1. The van der Waals surface area contributed by atoms with Gasteiger partial charge in [0.15, 0.2) is 17.3 Å². The predicted molar refractivity (Wildman–Crippen MR) is 205 cm³/mol. The number of carbonyl (C=O) groups is 6. The number of ketones is 4. The maximum atomic E-state index is 14.9. The first kappa shape index (κ1) is 44.4. The van der Waals surface area contributed by atoms with Crippen LogP contribution in [0.2, 0.25) is 0 Å². The molecule has 3 fully saturated rings. The van der Waals surface area contributed by atoms with E-state index in [4.69, 9.17) is 4.74 Å². The van der Waals surface area contributed by atoms with Crippen LogP contribution >= 0.6 is 0 Å². The van der Waals surface area contributed by atoms with Crippen molar-refractivity contribution in [2.75, 3.05) is 6.54 Å². The smallest absolute Gasteiger partial charge is 0.488 e. The van der Waals surface area contributed by atoms with Crippen LogP contribution < -0.4 is 14.8 Å². The minimum atomic E-state index is -4.88. The van der Waals surface area contributed by atoms with Gasteiger partial charge in [-0.15, -0.1) is 13.2 Å². The number of rotatable bonds is 19. The molecule has 1 aliphatic heterocycles. The summed E-state index contributed by atoms with van der Waals surface area (Å²) in [6.45, 7) is 7.24. The monoisotopic (exact) mass is 812 g/mol. The van der Waals surface area contributed by atoms with E-state index in [2.05, 4.69) is 20.0 Å². The van der Waals surface area contributed by atoms with Crippen LogP contribution in [-0.2, 0) is 24.0 Å².